The minimum Gasteiger partial charge on any atom is -0.342 e. The van der Waals surface area contributed by atoms with Gasteiger partial charge >= 0.3 is 0 Å². The highest BCUT2D eigenvalue weighted by Gasteiger charge is 2.29. The number of sulfonamides is 1. The number of hydrogen-bond acceptors (Lipinski definition) is 3. The van der Waals surface area contributed by atoms with E-state index >= 15 is 0 Å². The van der Waals surface area contributed by atoms with E-state index in [-0.39, 0.29) is 23.9 Å². The second-order valence-corrected chi connectivity index (χ2v) is 9.51. The van der Waals surface area contributed by atoms with Gasteiger partial charge in [-0.3, -0.25) is 4.79 Å². The van der Waals surface area contributed by atoms with E-state index in [1.165, 1.54) is 4.31 Å². The molecule has 0 saturated carbocycles. The highest BCUT2D eigenvalue weighted by Crippen LogP contribution is 2.20. The largest absolute Gasteiger partial charge is 0.342 e. The molecule has 0 aliphatic carbocycles. The van der Waals surface area contributed by atoms with Crippen molar-refractivity contribution in [3.8, 4) is 0 Å². The van der Waals surface area contributed by atoms with Crippen molar-refractivity contribution < 1.29 is 13.2 Å². The summed E-state index contributed by atoms with van der Waals surface area (Å²) in [4.78, 5) is 14.7. The molecule has 0 spiro atoms. The molecule has 2 aromatic carbocycles. The van der Waals surface area contributed by atoms with Crippen molar-refractivity contribution in [2.45, 2.75) is 30.7 Å². The fourth-order valence-electron chi connectivity index (χ4n) is 3.16. The summed E-state index contributed by atoms with van der Waals surface area (Å²) in [5, 5.41) is 0. The van der Waals surface area contributed by atoms with E-state index in [2.05, 4.69) is 15.9 Å². The van der Waals surface area contributed by atoms with Crippen LogP contribution in [0.15, 0.2) is 64.0 Å². The number of nitrogens with zero attached hydrogens (tertiary/aromatic N) is 2. The van der Waals surface area contributed by atoms with Gasteiger partial charge in [0.2, 0.25) is 15.9 Å². The van der Waals surface area contributed by atoms with Crippen molar-refractivity contribution in [3.63, 3.8) is 0 Å². The molecular weight excluding hydrogens is 428 g/mol. The fraction of sp³-hybridized carbons (Fsp3) is 0.350. The molecule has 0 unspecified atom stereocenters. The first-order valence-electron chi connectivity index (χ1n) is 9.04. The highest BCUT2D eigenvalue weighted by molar-refractivity contribution is 9.10. The van der Waals surface area contributed by atoms with Crippen LogP contribution in [-0.2, 0) is 21.4 Å². The zero-order valence-corrected chi connectivity index (χ0v) is 17.5. The summed E-state index contributed by atoms with van der Waals surface area (Å²) in [6.45, 7) is 1.42. The van der Waals surface area contributed by atoms with Crippen LogP contribution < -0.4 is 0 Å². The SMILES string of the molecule is O=C(CN(Cc1ccc(Br)cc1)S(=O)(=O)c1ccccc1)N1CCCCC1. The zero-order valence-electron chi connectivity index (χ0n) is 15.1. The second-order valence-electron chi connectivity index (χ2n) is 6.65. The fourth-order valence-corrected chi connectivity index (χ4v) is 4.82. The lowest BCUT2D eigenvalue weighted by atomic mass is 10.1. The predicted octanol–water partition coefficient (Wildman–Crippen LogP) is 3.65. The summed E-state index contributed by atoms with van der Waals surface area (Å²) >= 11 is 3.39. The molecule has 27 heavy (non-hydrogen) atoms. The third-order valence-corrected chi connectivity index (χ3v) is 7.01. The maximum atomic E-state index is 13.2. The van der Waals surface area contributed by atoms with E-state index < -0.39 is 10.0 Å². The van der Waals surface area contributed by atoms with Crippen LogP contribution in [-0.4, -0.2) is 43.2 Å². The molecule has 0 bridgehead atoms. The summed E-state index contributed by atoms with van der Waals surface area (Å²) < 4.78 is 28.5. The molecule has 1 heterocycles. The molecule has 2 aromatic rings. The molecule has 144 valence electrons. The van der Waals surface area contributed by atoms with Crippen molar-refractivity contribution in [3.05, 3.63) is 64.6 Å². The van der Waals surface area contributed by atoms with E-state index in [1.807, 2.05) is 24.3 Å². The van der Waals surface area contributed by atoms with Gasteiger partial charge in [-0.1, -0.05) is 46.3 Å². The summed E-state index contributed by atoms with van der Waals surface area (Å²) in [5.74, 6) is -0.133. The first-order chi connectivity index (χ1) is 13.0. The molecule has 3 rings (SSSR count). The first-order valence-corrected chi connectivity index (χ1v) is 11.3. The molecule has 0 atom stereocenters. The Morgan fingerprint density at radius 1 is 0.963 bits per heavy atom. The Hall–Kier alpha value is -1.70. The minimum atomic E-state index is -3.77. The molecule has 1 aliphatic heterocycles. The Bertz CT molecular complexity index is 864. The van der Waals surface area contributed by atoms with Gasteiger partial charge in [0.25, 0.3) is 0 Å². The van der Waals surface area contributed by atoms with Crippen LogP contribution >= 0.6 is 15.9 Å². The van der Waals surface area contributed by atoms with Crippen molar-refractivity contribution >= 4 is 31.9 Å². The second kappa shape index (κ2) is 8.99. The van der Waals surface area contributed by atoms with Crippen LogP contribution in [0.25, 0.3) is 0 Å². The van der Waals surface area contributed by atoms with Gasteiger partial charge < -0.3 is 4.90 Å². The van der Waals surface area contributed by atoms with Crippen LogP contribution in [0.2, 0.25) is 0 Å². The third-order valence-electron chi connectivity index (χ3n) is 4.67. The number of likely N-dealkylation sites (tertiary alicyclic amines) is 1. The van der Waals surface area contributed by atoms with Crippen molar-refractivity contribution in [1.82, 2.24) is 9.21 Å². The van der Waals surface area contributed by atoms with Gasteiger partial charge in [-0.05, 0) is 49.1 Å². The quantitative estimate of drug-likeness (QED) is 0.674. The highest BCUT2D eigenvalue weighted by atomic mass is 79.9. The molecule has 1 fully saturated rings. The number of rotatable bonds is 6. The Morgan fingerprint density at radius 2 is 1.59 bits per heavy atom. The van der Waals surface area contributed by atoms with Gasteiger partial charge in [0.05, 0.1) is 11.4 Å². The van der Waals surface area contributed by atoms with Crippen LogP contribution in [0.4, 0.5) is 0 Å². The Labute approximate surface area is 169 Å². The normalized spacial score (nSPS) is 15.1. The summed E-state index contributed by atoms with van der Waals surface area (Å²) in [7, 11) is -3.77. The lowest BCUT2D eigenvalue weighted by Crippen LogP contribution is -2.44. The Balaban J connectivity index is 1.85. The van der Waals surface area contributed by atoms with E-state index in [4.69, 9.17) is 0 Å². The summed E-state index contributed by atoms with van der Waals surface area (Å²) in [5.41, 5.74) is 0.837. The topological polar surface area (TPSA) is 57.7 Å². The lowest BCUT2D eigenvalue weighted by Gasteiger charge is -2.29. The number of amides is 1. The van der Waals surface area contributed by atoms with E-state index in [9.17, 15) is 13.2 Å². The van der Waals surface area contributed by atoms with E-state index in [0.29, 0.717) is 13.1 Å². The molecule has 0 aromatic heterocycles. The number of piperidine rings is 1. The molecular formula is C20H23BrN2O3S. The minimum absolute atomic E-state index is 0.133. The Morgan fingerprint density at radius 3 is 2.22 bits per heavy atom. The number of halogens is 1. The predicted molar refractivity (Wildman–Crippen MR) is 109 cm³/mol. The molecule has 0 radical (unpaired) electrons. The van der Waals surface area contributed by atoms with Crippen molar-refractivity contribution in [2.75, 3.05) is 19.6 Å². The molecule has 1 saturated heterocycles. The monoisotopic (exact) mass is 450 g/mol. The third kappa shape index (κ3) is 5.18. The van der Waals surface area contributed by atoms with Crippen LogP contribution in [0.5, 0.6) is 0 Å². The number of benzene rings is 2. The van der Waals surface area contributed by atoms with Crippen LogP contribution in [0, 0.1) is 0 Å². The van der Waals surface area contributed by atoms with Crippen molar-refractivity contribution in [1.29, 1.82) is 0 Å². The standard InChI is InChI=1S/C20H23BrN2O3S/c21-18-11-9-17(10-12-18)15-23(16-20(24)22-13-5-2-6-14-22)27(25,26)19-7-3-1-4-8-19/h1,3-4,7-12H,2,5-6,13-16H2. The summed E-state index contributed by atoms with van der Waals surface area (Å²) in [6.07, 6.45) is 3.07. The smallest absolute Gasteiger partial charge is 0.243 e. The number of hydrogen-bond donors (Lipinski definition) is 0. The average Bonchev–Trinajstić information content (AvgIpc) is 2.70. The number of carbonyl (C=O) groups is 1. The van der Waals surface area contributed by atoms with Crippen molar-refractivity contribution in [2.24, 2.45) is 0 Å². The maximum Gasteiger partial charge on any atom is 0.243 e. The van der Waals surface area contributed by atoms with E-state index in [0.717, 1.165) is 29.3 Å². The van der Waals surface area contributed by atoms with Crippen LogP contribution in [0.3, 0.4) is 0 Å². The van der Waals surface area contributed by atoms with Crippen LogP contribution in [0.1, 0.15) is 24.8 Å². The average molecular weight is 451 g/mol. The lowest BCUT2D eigenvalue weighted by molar-refractivity contribution is -0.132. The number of carbonyl (C=O) groups excluding carboxylic acids is 1. The molecule has 7 heteroatoms. The van der Waals surface area contributed by atoms with Gasteiger partial charge in [-0.15, -0.1) is 0 Å². The molecule has 5 nitrogen and oxygen atoms in total. The van der Waals surface area contributed by atoms with E-state index in [1.54, 1.807) is 35.2 Å². The van der Waals surface area contributed by atoms with Gasteiger partial charge in [0.1, 0.15) is 0 Å². The van der Waals surface area contributed by atoms with Gasteiger partial charge in [-0.2, -0.15) is 4.31 Å². The first kappa shape index (κ1) is 20.0. The molecule has 1 aliphatic rings. The van der Waals surface area contributed by atoms with Gasteiger partial charge in [0.15, 0.2) is 0 Å². The summed E-state index contributed by atoms with van der Waals surface area (Å²) in [6, 6.07) is 15.8. The Kier molecular flexibility index (Phi) is 6.68. The van der Waals surface area contributed by atoms with Gasteiger partial charge in [-0.25, -0.2) is 8.42 Å². The zero-order chi connectivity index (χ0) is 19.3. The molecule has 1 amide bonds. The van der Waals surface area contributed by atoms with Gasteiger partial charge in [0, 0.05) is 24.1 Å². The molecule has 0 N–H and O–H groups in total. The maximum absolute atomic E-state index is 13.2.